The Morgan fingerprint density at radius 2 is 2.15 bits per heavy atom. The average Bonchev–Trinajstić information content (AvgIpc) is 2.03. The largest absolute Gasteiger partial charge is 0.372 e. The van der Waals surface area contributed by atoms with Crippen LogP contribution in [0.5, 0.6) is 0 Å². The summed E-state index contributed by atoms with van der Waals surface area (Å²) in [4.78, 5) is 0. The summed E-state index contributed by atoms with van der Waals surface area (Å²) in [7, 11) is 0. The number of hydrogen-bond donors (Lipinski definition) is 1. The van der Waals surface area contributed by atoms with Crippen molar-refractivity contribution >= 4 is 0 Å². The summed E-state index contributed by atoms with van der Waals surface area (Å²) in [5.41, 5.74) is 0.0573. The third-order valence-corrected chi connectivity index (χ3v) is 2.91. The molecule has 0 amide bonds. The first kappa shape index (κ1) is 11.0. The number of piperidine rings is 1. The Labute approximate surface area is 82.0 Å². The lowest BCUT2D eigenvalue weighted by Crippen LogP contribution is -2.42. The van der Waals surface area contributed by atoms with Crippen LogP contribution in [0.4, 0.5) is 0 Å². The topological polar surface area (TPSA) is 21.3 Å². The normalized spacial score (nSPS) is 30.5. The molecule has 2 heteroatoms. The predicted octanol–water partition coefficient (Wildman–Crippen LogP) is 2.33. The second-order valence-corrected chi connectivity index (χ2v) is 4.73. The quantitative estimate of drug-likeness (QED) is 0.728. The molecule has 0 saturated carbocycles. The van der Waals surface area contributed by atoms with E-state index in [1.165, 1.54) is 0 Å². The molecule has 2 nitrogen and oxygen atoms in total. The van der Waals surface area contributed by atoms with Gasteiger partial charge in [0.2, 0.25) is 0 Å². The molecule has 1 aliphatic rings. The molecular formula is C11H23NO. The van der Waals surface area contributed by atoms with Crippen molar-refractivity contribution in [3.05, 3.63) is 0 Å². The summed E-state index contributed by atoms with van der Waals surface area (Å²) in [6, 6.07) is 0.617. The van der Waals surface area contributed by atoms with Crippen LogP contribution in [0.15, 0.2) is 0 Å². The lowest BCUT2D eigenvalue weighted by Gasteiger charge is -2.34. The second-order valence-electron chi connectivity index (χ2n) is 4.73. The molecule has 0 aromatic heterocycles. The highest BCUT2D eigenvalue weighted by Crippen LogP contribution is 2.22. The van der Waals surface area contributed by atoms with Crippen LogP contribution in [0, 0.1) is 0 Å². The molecule has 1 fully saturated rings. The molecule has 1 heterocycles. The molecule has 1 saturated heterocycles. The van der Waals surface area contributed by atoms with Crippen LogP contribution in [-0.4, -0.2) is 24.3 Å². The Kier molecular flexibility index (Phi) is 3.74. The number of nitrogens with one attached hydrogen (secondary N) is 1. The summed E-state index contributed by atoms with van der Waals surface area (Å²) >= 11 is 0. The van der Waals surface area contributed by atoms with Crippen molar-refractivity contribution in [2.75, 3.05) is 6.54 Å². The third kappa shape index (κ3) is 3.65. The van der Waals surface area contributed by atoms with E-state index in [-0.39, 0.29) is 5.60 Å². The zero-order valence-corrected chi connectivity index (χ0v) is 9.39. The summed E-state index contributed by atoms with van der Waals surface area (Å²) in [5, 5.41) is 3.44. The zero-order chi connectivity index (χ0) is 9.90. The van der Waals surface area contributed by atoms with Gasteiger partial charge in [-0.1, -0.05) is 6.92 Å². The van der Waals surface area contributed by atoms with Crippen molar-refractivity contribution in [3.63, 3.8) is 0 Å². The van der Waals surface area contributed by atoms with Crippen LogP contribution in [-0.2, 0) is 4.74 Å². The van der Waals surface area contributed by atoms with E-state index in [2.05, 4.69) is 33.0 Å². The average molecular weight is 185 g/mol. The Hall–Kier alpha value is -0.0800. The fourth-order valence-corrected chi connectivity index (χ4v) is 1.73. The first-order chi connectivity index (χ1) is 6.03. The van der Waals surface area contributed by atoms with E-state index in [0.717, 1.165) is 25.8 Å². The molecule has 1 rings (SSSR count). The van der Waals surface area contributed by atoms with Crippen LogP contribution in [0.2, 0.25) is 0 Å². The smallest absolute Gasteiger partial charge is 0.0627 e. The van der Waals surface area contributed by atoms with E-state index in [0.29, 0.717) is 12.1 Å². The molecule has 1 N–H and O–H groups in total. The molecule has 2 atom stereocenters. The van der Waals surface area contributed by atoms with Gasteiger partial charge in [0, 0.05) is 6.04 Å². The van der Waals surface area contributed by atoms with Gasteiger partial charge < -0.3 is 10.1 Å². The lowest BCUT2D eigenvalue weighted by atomic mass is 10.0. The summed E-state index contributed by atoms with van der Waals surface area (Å²) < 4.78 is 6.06. The zero-order valence-electron chi connectivity index (χ0n) is 9.39. The first-order valence-electron chi connectivity index (χ1n) is 5.44. The standard InChI is InChI=1S/C11H23NO/c1-5-11(3,4)13-10-6-7-12-9(2)8-10/h9-10,12H,5-8H2,1-4H3. The molecule has 0 aromatic rings. The Morgan fingerprint density at radius 1 is 1.46 bits per heavy atom. The van der Waals surface area contributed by atoms with Gasteiger partial charge in [-0.3, -0.25) is 0 Å². The van der Waals surface area contributed by atoms with Crippen molar-refractivity contribution in [3.8, 4) is 0 Å². The lowest BCUT2D eigenvalue weighted by molar-refractivity contribution is -0.0876. The Morgan fingerprint density at radius 3 is 2.69 bits per heavy atom. The van der Waals surface area contributed by atoms with Crippen LogP contribution in [0.1, 0.15) is 47.0 Å². The molecule has 0 aromatic carbocycles. The first-order valence-corrected chi connectivity index (χ1v) is 5.44. The van der Waals surface area contributed by atoms with Crippen LogP contribution in [0.25, 0.3) is 0 Å². The van der Waals surface area contributed by atoms with Crippen LogP contribution in [0.3, 0.4) is 0 Å². The molecular weight excluding hydrogens is 162 g/mol. The van der Waals surface area contributed by atoms with Crippen LogP contribution < -0.4 is 5.32 Å². The maximum atomic E-state index is 6.06. The van der Waals surface area contributed by atoms with E-state index in [1.54, 1.807) is 0 Å². The van der Waals surface area contributed by atoms with E-state index < -0.39 is 0 Å². The minimum Gasteiger partial charge on any atom is -0.372 e. The molecule has 0 bridgehead atoms. The molecule has 0 spiro atoms. The van der Waals surface area contributed by atoms with Gasteiger partial charge >= 0.3 is 0 Å². The minimum atomic E-state index is 0.0573. The molecule has 2 unspecified atom stereocenters. The summed E-state index contributed by atoms with van der Waals surface area (Å²) in [5.74, 6) is 0. The second kappa shape index (κ2) is 4.43. The molecule has 13 heavy (non-hydrogen) atoms. The van der Waals surface area contributed by atoms with Crippen molar-refractivity contribution in [1.82, 2.24) is 5.32 Å². The Balaban J connectivity index is 2.35. The fourth-order valence-electron chi connectivity index (χ4n) is 1.73. The van der Waals surface area contributed by atoms with Gasteiger partial charge in [-0.05, 0) is 46.6 Å². The van der Waals surface area contributed by atoms with Gasteiger partial charge in [0.1, 0.15) is 0 Å². The van der Waals surface area contributed by atoms with Crippen molar-refractivity contribution in [2.45, 2.75) is 64.7 Å². The van der Waals surface area contributed by atoms with Crippen molar-refractivity contribution < 1.29 is 4.74 Å². The molecule has 0 aliphatic carbocycles. The van der Waals surface area contributed by atoms with Crippen molar-refractivity contribution in [1.29, 1.82) is 0 Å². The van der Waals surface area contributed by atoms with Crippen molar-refractivity contribution in [2.24, 2.45) is 0 Å². The highest BCUT2D eigenvalue weighted by Gasteiger charge is 2.25. The van der Waals surface area contributed by atoms with E-state index in [1.807, 2.05) is 0 Å². The number of rotatable bonds is 3. The van der Waals surface area contributed by atoms with E-state index in [9.17, 15) is 0 Å². The van der Waals surface area contributed by atoms with Gasteiger partial charge in [-0.2, -0.15) is 0 Å². The number of hydrogen-bond acceptors (Lipinski definition) is 2. The molecule has 1 aliphatic heterocycles. The third-order valence-electron chi connectivity index (χ3n) is 2.91. The maximum absolute atomic E-state index is 6.06. The van der Waals surface area contributed by atoms with Gasteiger partial charge in [0.25, 0.3) is 0 Å². The number of ether oxygens (including phenoxy) is 1. The molecule has 0 radical (unpaired) electrons. The molecule has 78 valence electrons. The van der Waals surface area contributed by atoms with Crippen LogP contribution >= 0.6 is 0 Å². The van der Waals surface area contributed by atoms with Gasteiger partial charge in [-0.25, -0.2) is 0 Å². The highest BCUT2D eigenvalue weighted by atomic mass is 16.5. The Bertz CT molecular complexity index is 156. The highest BCUT2D eigenvalue weighted by molar-refractivity contribution is 4.78. The van der Waals surface area contributed by atoms with E-state index >= 15 is 0 Å². The maximum Gasteiger partial charge on any atom is 0.0627 e. The van der Waals surface area contributed by atoms with Gasteiger partial charge in [0.15, 0.2) is 0 Å². The summed E-state index contributed by atoms with van der Waals surface area (Å²) in [6.45, 7) is 9.88. The minimum absolute atomic E-state index is 0.0573. The van der Waals surface area contributed by atoms with E-state index in [4.69, 9.17) is 4.74 Å². The van der Waals surface area contributed by atoms with Gasteiger partial charge in [-0.15, -0.1) is 0 Å². The SMILES string of the molecule is CCC(C)(C)OC1CCNC(C)C1. The van der Waals surface area contributed by atoms with Gasteiger partial charge in [0.05, 0.1) is 11.7 Å². The monoisotopic (exact) mass is 185 g/mol. The predicted molar refractivity (Wildman–Crippen MR) is 55.9 cm³/mol. The fraction of sp³-hybridized carbons (Fsp3) is 1.00. The summed E-state index contributed by atoms with van der Waals surface area (Å²) in [6.07, 6.45) is 3.87.